The number of ether oxygens (including phenoxy) is 3. The number of aldehydes is 1. The summed E-state index contributed by atoms with van der Waals surface area (Å²) in [5.41, 5.74) is 4.05. The first-order chi connectivity index (χ1) is 26.5. The molecule has 1 spiro atoms. The topological polar surface area (TPSA) is 83.6 Å². The molecule has 2 saturated heterocycles. The number of carbonyl (C=O) groups is 1. The van der Waals surface area contributed by atoms with Gasteiger partial charge in [-0.05, 0) is 139 Å². The van der Waals surface area contributed by atoms with E-state index in [0.29, 0.717) is 42.6 Å². The number of hydrogen-bond acceptors (Lipinski definition) is 8. The van der Waals surface area contributed by atoms with Gasteiger partial charge in [0, 0.05) is 73.2 Å². The van der Waals surface area contributed by atoms with Crippen LogP contribution in [0.5, 0.6) is 5.75 Å². The van der Waals surface area contributed by atoms with Crippen LogP contribution >= 0.6 is 11.6 Å². The van der Waals surface area contributed by atoms with Gasteiger partial charge in [-0.3, -0.25) is 9.69 Å². The number of hydrogen-bond donors (Lipinski definition) is 1. The van der Waals surface area contributed by atoms with Crippen molar-refractivity contribution in [2.75, 3.05) is 84.7 Å². The lowest BCUT2D eigenvalue weighted by atomic mass is 9.63. The summed E-state index contributed by atoms with van der Waals surface area (Å²) in [4.78, 5) is 19.3. The third-order valence-electron chi connectivity index (χ3n) is 13.6. The second kappa shape index (κ2) is 19.1. The lowest BCUT2D eigenvalue weighted by molar-refractivity contribution is -0.120. The van der Waals surface area contributed by atoms with Crippen LogP contribution in [0.2, 0.25) is 5.02 Å². The van der Waals surface area contributed by atoms with Crippen molar-refractivity contribution in [1.29, 1.82) is 0 Å². The summed E-state index contributed by atoms with van der Waals surface area (Å²) in [6.45, 7) is 18.4. The van der Waals surface area contributed by atoms with E-state index in [2.05, 4.69) is 66.3 Å². The smallest absolute Gasteiger partial charge is 0.150 e. The fourth-order valence-corrected chi connectivity index (χ4v) is 11.2. The molecule has 1 saturated carbocycles. The first-order valence-corrected chi connectivity index (χ1v) is 22.6. The Bertz CT molecular complexity index is 1620. The Balaban J connectivity index is 0.000000397. The molecule has 8 atom stereocenters. The van der Waals surface area contributed by atoms with E-state index >= 15 is 0 Å². The molecule has 7 unspecified atom stereocenters. The Morgan fingerprint density at radius 1 is 1.16 bits per heavy atom. The maximum atomic E-state index is 12.3. The molecule has 0 aromatic heterocycles. The number of anilines is 1. The lowest BCUT2D eigenvalue weighted by Crippen LogP contribution is -2.56. The molecular weight excluding hydrogens is 732 g/mol. The maximum absolute atomic E-state index is 12.3. The van der Waals surface area contributed by atoms with E-state index in [-0.39, 0.29) is 16.3 Å². The summed E-state index contributed by atoms with van der Waals surface area (Å²) in [6, 6.07) is 12.9. The summed E-state index contributed by atoms with van der Waals surface area (Å²) in [6.07, 6.45) is 9.56. The monoisotopic (exact) mass is 798 g/mol. The summed E-state index contributed by atoms with van der Waals surface area (Å²) < 4.78 is 33.8. The summed E-state index contributed by atoms with van der Waals surface area (Å²) in [5.74, 6) is 2.17. The Morgan fingerprint density at radius 2 is 2.00 bits per heavy atom. The lowest BCUT2D eigenvalue weighted by Gasteiger charge is -2.51. The van der Waals surface area contributed by atoms with Gasteiger partial charge in [0.05, 0.1) is 42.1 Å². The molecule has 7 rings (SSSR count). The number of nitrogens with zero attached hydrogens (tertiary/aromatic N) is 3. The van der Waals surface area contributed by atoms with Crippen LogP contribution in [0.3, 0.4) is 0 Å². The average molecular weight is 800 g/mol. The standard InChI is InChI=1S/C36H51ClN2O4S.C8H16N2O/c1-6-43-35(4,17-7-9-25(2)26(3)44(41)38-5)31-14-12-29(31)21-39-23-36(18-8-10-28-20-30(37)13-15-32(28)36)24-42-34-16-11-27(22-40)19-33(34)39;1-9-2-3-10-4-5-11-7-8(10)6-9/h11,13,15-16,19-20,22,25-26,29,31,38H,6-10,12,14,17-18,21,23-24H2,1-5H3;8H,2-7H2,1H3/t25?,26?,29?,31?,35?,36-,44?;/m0./s1. The van der Waals surface area contributed by atoms with Crippen molar-refractivity contribution in [2.24, 2.45) is 17.8 Å². The number of benzene rings is 2. The fourth-order valence-electron chi connectivity index (χ4n) is 10.1. The van der Waals surface area contributed by atoms with Gasteiger partial charge in [-0.25, -0.2) is 8.93 Å². The van der Waals surface area contributed by atoms with Crippen LogP contribution in [-0.2, 0) is 32.3 Å². The third kappa shape index (κ3) is 9.98. The highest BCUT2D eigenvalue weighted by atomic mass is 35.5. The van der Waals surface area contributed by atoms with Crippen molar-refractivity contribution >= 4 is 34.6 Å². The summed E-state index contributed by atoms with van der Waals surface area (Å²) >= 11 is 6.44. The van der Waals surface area contributed by atoms with Gasteiger partial charge in [-0.2, -0.15) is 0 Å². The quantitative estimate of drug-likeness (QED) is 0.214. The number of piperazine rings is 1. The Hall–Kier alpha value is -2.05. The van der Waals surface area contributed by atoms with Crippen LogP contribution in [0.25, 0.3) is 0 Å². The highest BCUT2D eigenvalue weighted by Crippen LogP contribution is 2.49. The molecule has 9 nitrogen and oxygen atoms in total. The molecule has 5 aliphatic rings. The van der Waals surface area contributed by atoms with E-state index in [0.717, 1.165) is 101 Å². The first-order valence-electron chi connectivity index (χ1n) is 21.0. The second-order valence-corrected chi connectivity index (χ2v) is 19.4. The highest BCUT2D eigenvalue weighted by molar-refractivity contribution is 7.83. The van der Waals surface area contributed by atoms with Gasteiger partial charge >= 0.3 is 0 Å². The van der Waals surface area contributed by atoms with Crippen LogP contribution in [0, 0.1) is 17.8 Å². The zero-order valence-corrected chi connectivity index (χ0v) is 35.9. The van der Waals surface area contributed by atoms with Gasteiger partial charge in [-0.1, -0.05) is 31.0 Å². The highest BCUT2D eigenvalue weighted by Gasteiger charge is 2.48. The van der Waals surface area contributed by atoms with Crippen LogP contribution in [0.15, 0.2) is 36.4 Å². The molecule has 11 heteroatoms. The van der Waals surface area contributed by atoms with E-state index in [4.69, 9.17) is 25.8 Å². The molecule has 0 bridgehead atoms. The number of morpholine rings is 1. The van der Waals surface area contributed by atoms with E-state index in [9.17, 15) is 9.00 Å². The minimum atomic E-state index is -1.01. The Kier molecular flexibility index (Phi) is 14.8. The first kappa shape index (κ1) is 42.6. The van der Waals surface area contributed by atoms with Crippen molar-refractivity contribution in [1.82, 2.24) is 14.5 Å². The van der Waals surface area contributed by atoms with Gasteiger partial charge in [0.2, 0.25) is 0 Å². The van der Waals surface area contributed by atoms with Crippen molar-refractivity contribution in [3.05, 3.63) is 58.1 Å². The van der Waals surface area contributed by atoms with E-state index in [1.165, 1.54) is 37.2 Å². The van der Waals surface area contributed by atoms with Gasteiger partial charge in [0.1, 0.15) is 12.0 Å². The predicted molar refractivity (Wildman–Crippen MR) is 225 cm³/mol. The molecule has 2 aliphatic carbocycles. The Morgan fingerprint density at radius 3 is 2.75 bits per heavy atom. The zero-order chi connectivity index (χ0) is 39.2. The molecule has 2 aromatic carbocycles. The number of likely N-dealkylation sites (N-methyl/N-ethyl adjacent to an activating group) is 1. The normalized spacial score (nSPS) is 28.1. The second-order valence-electron chi connectivity index (χ2n) is 17.2. The molecule has 3 fully saturated rings. The van der Waals surface area contributed by atoms with Crippen LogP contribution in [-0.4, -0.2) is 117 Å². The minimum absolute atomic E-state index is 0.115. The van der Waals surface area contributed by atoms with Crippen molar-refractivity contribution in [3.8, 4) is 5.75 Å². The molecule has 0 amide bonds. The van der Waals surface area contributed by atoms with Crippen LogP contribution in [0.4, 0.5) is 5.69 Å². The number of nitrogens with one attached hydrogen (secondary N) is 1. The molecule has 1 N–H and O–H groups in total. The number of carbonyl (C=O) groups excluding carboxylic acids is 1. The fraction of sp³-hybridized carbons (Fsp3) is 0.705. The molecule has 3 heterocycles. The predicted octanol–water partition coefficient (Wildman–Crippen LogP) is 7.16. The molecule has 0 radical (unpaired) electrons. The minimum Gasteiger partial charge on any atom is -0.490 e. The molecule has 3 aliphatic heterocycles. The molecule has 306 valence electrons. The SMILES string of the molecule is CCOC(C)(CCCC(C)C(C)S(=O)NC)C1CCC1CN1C[C@@]2(CCCc3cc(Cl)ccc32)COc2ccc(C=O)cc21.CN1CCN2CCOCC2C1. The number of aryl methyl sites for hydroxylation is 1. The molecular formula is C44H67ClN4O5S. The maximum Gasteiger partial charge on any atom is 0.150 e. The van der Waals surface area contributed by atoms with Crippen molar-refractivity contribution < 1.29 is 23.2 Å². The van der Waals surface area contributed by atoms with Crippen LogP contribution in [0.1, 0.15) is 94.1 Å². The summed E-state index contributed by atoms with van der Waals surface area (Å²) in [5, 5.41) is 0.905. The van der Waals surface area contributed by atoms with Crippen LogP contribution < -0.4 is 14.4 Å². The number of fused-ring (bicyclic) bond motifs is 4. The van der Waals surface area contributed by atoms with Gasteiger partial charge in [0.15, 0.2) is 0 Å². The van der Waals surface area contributed by atoms with Crippen molar-refractivity contribution in [3.63, 3.8) is 0 Å². The number of halogens is 1. The van der Waals surface area contributed by atoms with Crippen molar-refractivity contribution in [2.45, 2.75) is 101 Å². The van der Waals surface area contributed by atoms with Gasteiger partial charge in [-0.15, -0.1) is 0 Å². The van der Waals surface area contributed by atoms with Gasteiger partial charge in [0.25, 0.3) is 0 Å². The third-order valence-corrected chi connectivity index (χ3v) is 15.4. The van der Waals surface area contributed by atoms with E-state index in [1.807, 2.05) is 24.3 Å². The average Bonchev–Trinajstić information content (AvgIpc) is 3.32. The van der Waals surface area contributed by atoms with E-state index in [1.54, 1.807) is 7.05 Å². The van der Waals surface area contributed by atoms with Gasteiger partial charge < -0.3 is 24.0 Å². The summed E-state index contributed by atoms with van der Waals surface area (Å²) in [7, 11) is 2.95. The number of rotatable bonds is 13. The Labute approximate surface area is 338 Å². The molecule has 55 heavy (non-hydrogen) atoms. The van der Waals surface area contributed by atoms with E-state index < -0.39 is 11.0 Å². The molecule has 2 aromatic rings. The largest absolute Gasteiger partial charge is 0.490 e. The zero-order valence-electron chi connectivity index (χ0n) is 34.3.